The summed E-state index contributed by atoms with van der Waals surface area (Å²) in [6.45, 7) is 5.76. The molecule has 0 aliphatic carbocycles. The molecule has 0 saturated heterocycles. The van der Waals surface area contributed by atoms with Gasteiger partial charge in [-0.05, 0) is 20.3 Å². The lowest BCUT2D eigenvalue weighted by atomic mass is 9.92. The molecule has 0 fully saturated rings. The summed E-state index contributed by atoms with van der Waals surface area (Å²) in [5, 5.41) is 0. The summed E-state index contributed by atoms with van der Waals surface area (Å²) in [6, 6.07) is -0.604. The monoisotopic (exact) mass is 207 g/mol. The molecule has 0 aromatic carbocycles. The largest absolute Gasteiger partial charge is 0.385 e. The van der Waals surface area contributed by atoms with Crippen molar-refractivity contribution in [1.82, 2.24) is 4.90 Å². The van der Waals surface area contributed by atoms with Crippen LogP contribution in [0.2, 0.25) is 0 Å². The van der Waals surface area contributed by atoms with E-state index in [1.165, 1.54) is 0 Å². The number of rotatable bonds is 3. The third-order valence-corrected chi connectivity index (χ3v) is 2.87. The van der Waals surface area contributed by atoms with Crippen LogP contribution in [0.1, 0.15) is 33.6 Å². The van der Waals surface area contributed by atoms with Crippen LogP contribution in [0, 0.1) is 12.3 Å². The average molecular weight is 207 g/mol. The number of amides is 2. The molecule has 1 aliphatic rings. The minimum Gasteiger partial charge on any atom is -0.385 e. The van der Waals surface area contributed by atoms with E-state index < -0.39 is 5.54 Å². The smallest absolute Gasteiger partial charge is 0.347 e. The fraction of sp³-hybridized carbons (Fsp3) is 0.636. The van der Waals surface area contributed by atoms with E-state index in [-0.39, 0.29) is 12.1 Å². The van der Waals surface area contributed by atoms with Gasteiger partial charge < -0.3 is 5.73 Å². The second-order valence-electron chi connectivity index (χ2n) is 4.02. The van der Waals surface area contributed by atoms with Crippen LogP contribution in [0.15, 0.2) is 4.99 Å². The van der Waals surface area contributed by atoms with Crippen LogP contribution < -0.4 is 5.73 Å². The molecule has 0 aromatic rings. The number of carbonyl (C=O) groups excluding carboxylic acids is 1. The number of terminal acetylenes is 1. The molecule has 1 rings (SSSR count). The highest BCUT2D eigenvalue weighted by Gasteiger charge is 2.45. The number of hydrogen-bond acceptors (Lipinski definition) is 2. The van der Waals surface area contributed by atoms with Crippen molar-refractivity contribution in [2.75, 3.05) is 0 Å². The summed E-state index contributed by atoms with van der Waals surface area (Å²) >= 11 is 0. The van der Waals surface area contributed by atoms with Gasteiger partial charge in [-0.1, -0.05) is 19.3 Å². The van der Waals surface area contributed by atoms with Crippen LogP contribution in [0.4, 0.5) is 4.79 Å². The van der Waals surface area contributed by atoms with Gasteiger partial charge in [0.15, 0.2) is 0 Å². The SMILES string of the molecule is C#CC(C)N1C(=O)N=C(N)C1(C)CCC. The lowest BCUT2D eigenvalue weighted by molar-refractivity contribution is 0.161. The van der Waals surface area contributed by atoms with Crippen molar-refractivity contribution < 1.29 is 4.79 Å². The number of nitrogens with zero attached hydrogens (tertiary/aromatic N) is 2. The Labute approximate surface area is 90.5 Å². The van der Waals surface area contributed by atoms with E-state index >= 15 is 0 Å². The molecular weight excluding hydrogens is 190 g/mol. The van der Waals surface area contributed by atoms with Crippen molar-refractivity contribution in [2.24, 2.45) is 10.7 Å². The normalized spacial score (nSPS) is 27.5. The van der Waals surface area contributed by atoms with Crippen LogP contribution in [-0.2, 0) is 0 Å². The summed E-state index contributed by atoms with van der Waals surface area (Å²) in [7, 11) is 0. The van der Waals surface area contributed by atoms with E-state index in [9.17, 15) is 4.79 Å². The van der Waals surface area contributed by atoms with E-state index in [0.717, 1.165) is 12.8 Å². The molecule has 0 aromatic heterocycles. The molecule has 0 radical (unpaired) electrons. The van der Waals surface area contributed by atoms with Crippen molar-refractivity contribution in [3.8, 4) is 12.3 Å². The van der Waals surface area contributed by atoms with Gasteiger partial charge in [-0.2, -0.15) is 4.99 Å². The maximum atomic E-state index is 11.6. The topological polar surface area (TPSA) is 58.7 Å². The average Bonchev–Trinajstić information content (AvgIpc) is 2.38. The van der Waals surface area contributed by atoms with Gasteiger partial charge >= 0.3 is 6.03 Å². The first kappa shape index (κ1) is 11.6. The zero-order valence-electron chi connectivity index (χ0n) is 9.45. The fourth-order valence-electron chi connectivity index (χ4n) is 2.01. The van der Waals surface area contributed by atoms with Crippen LogP contribution in [0.3, 0.4) is 0 Å². The third kappa shape index (κ3) is 1.70. The van der Waals surface area contributed by atoms with Gasteiger partial charge in [0.05, 0.1) is 6.04 Å². The standard InChI is InChI=1S/C11H17N3O/c1-5-7-11(4)9(12)13-10(15)14(11)8(3)6-2/h2,8H,5,7H2,1,3-4H3,(H2,12,13,15). The minimum absolute atomic E-state index is 0.279. The van der Waals surface area contributed by atoms with Gasteiger partial charge in [0.2, 0.25) is 0 Å². The Hall–Kier alpha value is -1.50. The number of amidine groups is 1. The molecule has 82 valence electrons. The zero-order chi connectivity index (χ0) is 11.6. The van der Waals surface area contributed by atoms with E-state index in [2.05, 4.69) is 10.9 Å². The van der Waals surface area contributed by atoms with E-state index in [0.29, 0.717) is 5.84 Å². The van der Waals surface area contributed by atoms with Crippen molar-refractivity contribution in [2.45, 2.75) is 45.2 Å². The molecule has 15 heavy (non-hydrogen) atoms. The predicted octanol–water partition coefficient (Wildman–Crippen LogP) is 1.36. The molecule has 1 aliphatic heterocycles. The Morgan fingerprint density at radius 3 is 2.80 bits per heavy atom. The van der Waals surface area contributed by atoms with Crippen LogP contribution in [0.25, 0.3) is 0 Å². The van der Waals surface area contributed by atoms with Crippen molar-refractivity contribution in [3.05, 3.63) is 0 Å². The number of aliphatic imine (C=N–C) groups is 1. The summed E-state index contributed by atoms with van der Waals surface area (Å²) in [6.07, 6.45) is 7.04. The molecule has 2 atom stereocenters. The van der Waals surface area contributed by atoms with Crippen molar-refractivity contribution >= 4 is 11.9 Å². The summed E-state index contributed by atoms with van der Waals surface area (Å²) in [5.41, 5.74) is 5.28. The van der Waals surface area contributed by atoms with Crippen molar-refractivity contribution in [1.29, 1.82) is 0 Å². The number of urea groups is 1. The Kier molecular flexibility index (Phi) is 3.04. The molecule has 1 heterocycles. The van der Waals surface area contributed by atoms with E-state index in [1.54, 1.807) is 11.8 Å². The quantitative estimate of drug-likeness (QED) is 0.710. The first-order valence-corrected chi connectivity index (χ1v) is 5.11. The highest BCUT2D eigenvalue weighted by atomic mass is 16.2. The van der Waals surface area contributed by atoms with Crippen molar-refractivity contribution in [3.63, 3.8) is 0 Å². The second-order valence-corrected chi connectivity index (χ2v) is 4.02. The zero-order valence-corrected chi connectivity index (χ0v) is 9.45. The van der Waals surface area contributed by atoms with E-state index in [1.807, 2.05) is 13.8 Å². The summed E-state index contributed by atoms with van der Waals surface area (Å²) in [4.78, 5) is 17.0. The molecular formula is C11H17N3O. The Balaban J connectivity index is 3.06. The Morgan fingerprint density at radius 2 is 2.33 bits per heavy atom. The number of hydrogen-bond donors (Lipinski definition) is 1. The van der Waals surface area contributed by atoms with Gasteiger partial charge in [-0.25, -0.2) is 4.79 Å². The minimum atomic E-state index is -0.516. The maximum Gasteiger partial charge on any atom is 0.347 e. The van der Waals surface area contributed by atoms with Crippen LogP contribution >= 0.6 is 0 Å². The molecule has 2 unspecified atom stereocenters. The van der Waals surface area contributed by atoms with Gasteiger partial charge in [0, 0.05) is 0 Å². The molecule has 4 nitrogen and oxygen atoms in total. The predicted molar refractivity (Wildman–Crippen MR) is 60.5 cm³/mol. The molecule has 2 amide bonds. The number of carbonyl (C=O) groups is 1. The molecule has 4 heteroatoms. The lowest BCUT2D eigenvalue weighted by Gasteiger charge is -2.36. The van der Waals surface area contributed by atoms with Gasteiger partial charge in [0.25, 0.3) is 0 Å². The second kappa shape index (κ2) is 3.93. The lowest BCUT2D eigenvalue weighted by Crippen LogP contribution is -2.54. The third-order valence-electron chi connectivity index (χ3n) is 2.87. The first-order valence-electron chi connectivity index (χ1n) is 5.11. The maximum absolute atomic E-state index is 11.6. The van der Waals surface area contributed by atoms with Gasteiger partial charge in [0.1, 0.15) is 11.4 Å². The number of nitrogens with two attached hydrogens (primary N) is 1. The molecule has 0 bridgehead atoms. The molecule has 0 saturated carbocycles. The Morgan fingerprint density at radius 1 is 1.73 bits per heavy atom. The van der Waals surface area contributed by atoms with Gasteiger partial charge in [-0.3, -0.25) is 4.90 Å². The molecule has 2 N–H and O–H groups in total. The Bertz CT molecular complexity index is 342. The molecule has 0 spiro atoms. The van der Waals surface area contributed by atoms with Gasteiger partial charge in [-0.15, -0.1) is 6.42 Å². The summed E-state index contributed by atoms with van der Waals surface area (Å²) < 4.78 is 0. The van der Waals surface area contributed by atoms with Crippen LogP contribution in [-0.4, -0.2) is 28.3 Å². The summed E-state index contributed by atoms with van der Waals surface area (Å²) in [5.74, 6) is 2.92. The first-order chi connectivity index (χ1) is 6.97. The highest BCUT2D eigenvalue weighted by Crippen LogP contribution is 2.29. The fourth-order valence-corrected chi connectivity index (χ4v) is 2.01. The van der Waals surface area contributed by atoms with E-state index in [4.69, 9.17) is 12.2 Å². The van der Waals surface area contributed by atoms with Crippen LogP contribution in [0.5, 0.6) is 0 Å². The highest BCUT2D eigenvalue weighted by molar-refractivity contribution is 6.05.